The first kappa shape index (κ1) is 30.7. The molecule has 0 unspecified atom stereocenters. The number of hydrogen-bond donors (Lipinski definition) is 2. The molecule has 2 aliphatic heterocycles. The molecule has 43 heavy (non-hydrogen) atoms. The van der Waals surface area contributed by atoms with E-state index in [2.05, 4.69) is 5.32 Å². The minimum absolute atomic E-state index is 0.00536. The van der Waals surface area contributed by atoms with Gasteiger partial charge in [-0.25, -0.2) is 0 Å². The minimum atomic E-state index is -0.936. The van der Waals surface area contributed by atoms with Crippen molar-refractivity contribution < 1.29 is 33.6 Å². The predicted molar refractivity (Wildman–Crippen MR) is 163 cm³/mol. The van der Waals surface area contributed by atoms with Gasteiger partial charge in [-0.3, -0.25) is 14.5 Å². The molecule has 1 fully saturated rings. The van der Waals surface area contributed by atoms with Gasteiger partial charge in [0.2, 0.25) is 12.7 Å². The van der Waals surface area contributed by atoms with E-state index in [0.29, 0.717) is 41.7 Å². The number of aryl methyl sites for hydroxylation is 2. The van der Waals surface area contributed by atoms with Gasteiger partial charge in [0, 0.05) is 36.3 Å². The smallest absolute Gasteiger partial charge is 0.309 e. The summed E-state index contributed by atoms with van der Waals surface area (Å²) < 4.78 is 21.8. The fourth-order valence-corrected chi connectivity index (χ4v) is 6.59. The largest absolute Gasteiger partial charge is 0.481 e. The molecular weight excluding hydrogens is 572 g/mol. The highest BCUT2D eigenvalue weighted by molar-refractivity contribution is 6.30. The number of halogens is 1. The van der Waals surface area contributed by atoms with Crippen LogP contribution in [0.3, 0.4) is 0 Å². The molecule has 1 saturated heterocycles. The SMILES string of the molecule is CCc1cc(Cl)cc(CC)c1NC(=O)CN1C[C@H](c2ccc3c(c2C)OCO3)[C@@H](C(=O)O)[C@@H]1c1ccc(OCOC)cc1. The number of benzene rings is 3. The lowest BCUT2D eigenvalue weighted by atomic mass is 9.81. The lowest BCUT2D eigenvalue weighted by molar-refractivity contribution is -0.143. The van der Waals surface area contributed by atoms with E-state index >= 15 is 0 Å². The van der Waals surface area contributed by atoms with Gasteiger partial charge in [0.1, 0.15) is 5.75 Å². The number of aliphatic carboxylic acids is 1. The predicted octanol–water partition coefficient (Wildman–Crippen LogP) is 5.96. The Morgan fingerprint density at radius 1 is 1.07 bits per heavy atom. The maximum atomic E-state index is 13.7. The summed E-state index contributed by atoms with van der Waals surface area (Å²) in [5.41, 5.74) is 5.18. The molecule has 0 spiro atoms. The van der Waals surface area contributed by atoms with Crippen LogP contribution in [0.4, 0.5) is 5.69 Å². The average Bonchev–Trinajstić information content (AvgIpc) is 3.63. The van der Waals surface area contributed by atoms with Crippen LogP contribution in [-0.2, 0) is 27.2 Å². The third-order valence-electron chi connectivity index (χ3n) is 8.32. The molecule has 1 amide bonds. The molecule has 3 atom stereocenters. The van der Waals surface area contributed by atoms with Gasteiger partial charge in [-0.15, -0.1) is 0 Å². The van der Waals surface area contributed by atoms with Gasteiger partial charge in [0.25, 0.3) is 0 Å². The van der Waals surface area contributed by atoms with Crippen LogP contribution >= 0.6 is 11.6 Å². The van der Waals surface area contributed by atoms with Gasteiger partial charge in [-0.05, 0) is 77.9 Å². The van der Waals surface area contributed by atoms with Crippen molar-refractivity contribution in [3.8, 4) is 17.2 Å². The normalized spacial score (nSPS) is 19.4. The highest BCUT2D eigenvalue weighted by atomic mass is 35.5. The van der Waals surface area contributed by atoms with Crippen LogP contribution in [0.1, 0.15) is 53.6 Å². The van der Waals surface area contributed by atoms with Crippen LogP contribution in [0, 0.1) is 12.8 Å². The lowest BCUT2D eigenvalue weighted by Crippen LogP contribution is -2.35. The first-order chi connectivity index (χ1) is 20.7. The zero-order chi connectivity index (χ0) is 30.7. The Morgan fingerprint density at radius 2 is 1.77 bits per heavy atom. The van der Waals surface area contributed by atoms with Crippen molar-refractivity contribution in [1.82, 2.24) is 4.90 Å². The number of ether oxygens (including phenoxy) is 4. The fraction of sp³-hybridized carbons (Fsp3) is 0.394. The molecule has 0 aliphatic carbocycles. The Labute approximate surface area is 256 Å². The van der Waals surface area contributed by atoms with Gasteiger partial charge < -0.3 is 29.4 Å². The number of hydrogen-bond acceptors (Lipinski definition) is 7. The molecule has 3 aromatic rings. The lowest BCUT2D eigenvalue weighted by Gasteiger charge is -2.27. The monoisotopic (exact) mass is 608 g/mol. The molecule has 0 aromatic heterocycles. The summed E-state index contributed by atoms with van der Waals surface area (Å²) >= 11 is 6.34. The first-order valence-corrected chi connectivity index (χ1v) is 14.8. The van der Waals surface area contributed by atoms with Crippen molar-refractivity contribution in [3.05, 3.63) is 81.4 Å². The molecule has 2 aliphatic rings. The van der Waals surface area contributed by atoms with E-state index in [0.717, 1.165) is 33.5 Å². The number of carbonyl (C=O) groups excluding carboxylic acids is 1. The molecule has 228 valence electrons. The van der Waals surface area contributed by atoms with Gasteiger partial charge in [0.05, 0.1) is 12.5 Å². The zero-order valence-electron chi connectivity index (χ0n) is 24.8. The van der Waals surface area contributed by atoms with Crippen molar-refractivity contribution in [1.29, 1.82) is 0 Å². The molecule has 0 saturated carbocycles. The van der Waals surface area contributed by atoms with Crippen molar-refractivity contribution in [2.45, 2.75) is 45.6 Å². The van der Waals surface area contributed by atoms with E-state index in [1.165, 1.54) is 0 Å². The van der Waals surface area contributed by atoms with Crippen LogP contribution in [0.25, 0.3) is 0 Å². The van der Waals surface area contributed by atoms with E-state index < -0.39 is 23.8 Å². The highest BCUT2D eigenvalue weighted by Crippen LogP contribution is 2.49. The van der Waals surface area contributed by atoms with Gasteiger partial charge in [-0.1, -0.05) is 43.6 Å². The maximum absolute atomic E-state index is 13.7. The quantitative estimate of drug-likeness (QED) is 0.257. The number of methoxy groups -OCH3 is 1. The second-order valence-corrected chi connectivity index (χ2v) is 11.3. The van der Waals surface area contributed by atoms with Gasteiger partial charge in [-0.2, -0.15) is 0 Å². The Morgan fingerprint density at radius 3 is 2.40 bits per heavy atom. The van der Waals surface area contributed by atoms with Crippen molar-refractivity contribution in [2.75, 3.05) is 39.1 Å². The Balaban J connectivity index is 1.50. The number of anilines is 1. The molecule has 2 N–H and O–H groups in total. The van der Waals surface area contributed by atoms with Crippen LogP contribution in [0.2, 0.25) is 5.02 Å². The topological polar surface area (TPSA) is 107 Å². The summed E-state index contributed by atoms with van der Waals surface area (Å²) in [6.07, 6.45) is 1.42. The van der Waals surface area contributed by atoms with E-state index in [4.69, 9.17) is 30.5 Å². The molecule has 10 heteroatoms. The molecule has 3 aromatic carbocycles. The van der Waals surface area contributed by atoms with E-state index in [1.54, 1.807) is 19.2 Å². The number of nitrogens with zero attached hydrogens (tertiary/aromatic N) is 1. The third-order valence-corrected chi connectivity index (χ3v) is 8.53. The second kappa shape index (κ2) is 13.2. The van der Waals surface area contributed by atoms with E-state index in [1.807, 2.05) is 62.1 Å². The van der Waals surface area contributed by atoms with Crippen LogP contribution < -0.4 is 19.5 Å². The summed E-state index contributed by atoms with van der Waals surface area (Å²) in [7, 11) is 1.54. The summed E-state index contributed by atoms with van der Waals surface area (Å²) in [6, 6.07) is 14.2. The third kappa shape index (κ3) is 6.30. The Bertz CT molecular complexity index is 1470. The fourth-order valence-electron chi connectivity index (χ4n) is 6.33. The Kier molecular flexibility index (Phi) is 9.44. The molecule has 0 bridgehead atoms. The summed E-state index contributed by atoms with van der Waals surface area (Å²) in [4.78, 5) is 28.6. The number of likely N-dealkylation sites (tertiary alicyclic amines) is 1. The maximum Gasteiger partial charge on any atom is 0.309 e. The number of nitrogens with one attached hydrogen (secondary N) is 1. The van der Waals surface area contributed by atoms with E-state index in [9.17, 15) is 14.7 Å². The Hall–Kier alpha value is -3.79. The van der Waals surface area contributed by atoms with Crippen molar-refractivity contribution in [3.63, 3.8) is 0 Å². The van der Waals surface area contributed by atoms with Crippen molar-refractivity contribution in [2.24, 2.45) is 5.92 Å². The molecular formula is C33H37ClN2O7. The summed E-state index contributed by atoms with van der Waals surface area (Å²) in [5.74, 6) is -0.501. The standard InChI is InChI=1S/C33H37ClN2O7/c1-5-20-13-23(34)14-21(6-2)30(20)35-28(37)16-36-15-26(25-11-12-27-32(19(25)3)43-18-42-27)29(33(38)39)31(36)22-7-9-24(10-8-22)41-17-40-4/h7-14,26,29,31H,5-6,15-18H2,1-4H3,(H,35,37)(H,38,39)/t26-,29-,31+/m1/s1. The summed E-state index contributed by atoms with van der Waals surface area (Å²) in [6.45, 7) is 6.56. The number of fused-ring (bicyclic) bond motifs is 1. The first-order valence-electron chi connectivity index (χ1n) is 14.4. The van der Waals surface area contributed by atoms with Gasteiger partial charge in [0.15, 0.2) is 18.3 Å². The van der Waals surface area contributed by atoms with Gasteiger partial charge >= 0.3 is 5.97 Å². The zero-order valence-corrected chi connectivity index (χ0v) is 25.6. The van der Waals surface area contributed by atoms with E-state index in [-0.39, 0.29) is 26.0 Å². The number of carbonyl (C=O) groups is 2. The number of rotatable bonds is 11. The molecule has 9 nitrogen and oxygen atoms in total. The van der Waals surface area contributed by atoms with Crippen molar-refractivity contribution >= 4 is 29.2 Å². The minimum Gasteiger partial charge on any atom is -0.481 e. The number of carboxylic acids is 1. The second-order valence-electron chi connectivity index (χ2n) is 10.8. The molecule has 5 rings (SSSR count). The number of amides is 1. The van der Waals surface area contributed by atoms with Crippen LogP contribution in [-0.4, -0.2) is 55.7 Å². The number of carboxylic acid groups (broad SMARTS) is 1. The molecule has 0 radical (unpaired) electrons. The van der Waals surface area contributed by atoms with Crippen LogP contribution in [0.5, 0.6) is 17.2 Å². The molecule has 2 heterocycles. The van der Waals surface area contributed by atoms with Crippen LogP contribution in [0.15, 0.2) is 48.5 Å². The highest BCUT2D eigenvalue weighted by Gasteiger charge is 2.48. The summed E-state index contributed by atoms with van der Waals surface area (Å²) in [5, 5.41) is 14.4. The average molecular weight is 609 g/mol.